The van der Waals surface area contributed by atoms with Crippen LogP contribution in [0.4, 0.5) is 0 Å². The van der Waals surface area contributed by atoms with Gasteiger partial charge in [0.2, 0.25) is 0 Å². The molecule has 0 atom stereocenters. The number of phenols is 1. The van der Waals surface area contributed by atoms with E-state index in [1.807, 2.05) is 30.5 Å². The third-order valence-corrected chi connectivity index (χ3v) is 3.51. The largest absolute Gasteiger partial charge is 0.508 e. The smallest absolute Gasteiger partial charge is 0.276 e. The number of fused-ring (bicyclic) bond motifs is 3. The number of pyridine rings is 1. The van der Waals surface area contributed by atoms with Crippen molar-refractivity contribution < 1.29 is 5.11 Å². The maximum atomic E-state index is 12.1. The van der Waals surface area contributed by atoms with E-state index in [1.165, 1.54) is 0 Å². The van der Waals surface area contributed by atoms with Gasteiger partial charge in [-0.1, -0.05) is 18.2 Å². The second kappa shape index (κ2) is 4.21. The fourth-order valence-corrected chi connectivity index (χ4v) is 2.48. The first-order valence-corrected chi connectivity index (χ1v) is 6.52. The molecule has 0 aliphatic heterocycles. The molecule has 2 heterocycles. The summed E-state index contributed by atoms with van der Waals surface area (Å²) in [5.41, 5.74) is 1.77. The minimum atomic E-state index is -0.207. The molecule has 4 rings (SSSR count). The van der Waals surface area contributed by atoms with E-state index in [0.29, 0.717) is 5.52 Å². The standard InChI is InChI=1S/C16H11N3O2/c20-11-7-5-10(6-8-11)19-9-13-12-3-1-2-4-14(12)17-16(21)15(13)18-19/h1-9,20H,(H,17,21). The Bertz CT molecular complexity index is 1010. The Hall–Kier alpha value is -3.08. The Kier molecular flexibility index (Phi) is 2.35. The molecule has 5 nitrogen and oxygen atoms in total. The lowest BCUT2D eigenvalue weighted by Crippen LogP contribution is -2.06. The number of aromatic nitrogens is 3. The highest BCUT2D eigenvalue weighted by Crippen LogP contribution is 2.22. The molecule has 0 bridgehead atoms. The van der Waals surface area contributed by atoms with Crippen molar-refractivity contribution in [2.24, 2.45) is 0 Å². The summed E-state index contributed by atoms with van der Waals surface area (Å²) in [5.74, 6) is 0.193. The molecule has 2 aromatic carbocycles. The van der Waals surface area contributed by atoms with Crippen molar-refractivity contribution in [1.82, 2.24) is 14.8 Å². The van der Waals surface area contributed by atoms with Crippen LogP contribution in [0, 0.1) is 0 Å². The third-order valence-electron chi connectivity index (χ3n) is 3.51. The van der Waals surface area contributed by atoms with E-state index >= 15 is 0 Å². The van der Waals surface area contributed by atoms with E-state index in [-0.39, 0.29) is 11.3 Å². The van der Waals surface area contributed by atoms with E-state index in [4.69, 9.17) is 0 Å². The highest BCUT2D eigenvalue weighted by atomic mass is 16.3. The molecular weight excluding hydrogens is 266 g/mol. The van der Waals surface area contributed by atoms with Gasteiger partial charge in [0, 0.05) is 22.5 Å². The zero-order valence-electron chi connectivity index (χ0n) is 10.9. The highest BCUT2D eigenvalue weighted by Gasteiger charge is 2.10. The highest BCUT2D eigenvalue weighted by molar-refractivity contribution is 6.03. The molecule has 0 spiro atoms. The first-order valence-electron chi connectivity index (χ1n) is 6.52. The third kappa shape index (κ3) is 1.79. The van der Waals surface area contributed by atoms with Crippen LogP contribution < -0.4 is 5.56 Å². The van der Waals surface area contributed by atoms with Gasteiger partial charge in [0.05, 0.1) is 5.69 Å². The topological polar surface area (TPSA) is 70.9 Å². The van der Waals surface area contributed by atoms with Crippen LogP contribution in [0.25, 0.3) is 27.5 Å². The van der Waals surface area contributed by atoms with Gasteiger partial charge in [0.1, 0.15) is 5.75 Å². The van der Waals surface area contributed by atoms with Crippen molar-refractivity contribution in [1.29, 1.82) is 0 Å². The zero-order chi connectivity index (χ0) is 14.4. The van der Waals surface area contributed by atoms with Crippen LogP contribution in [0.5, 0.6) is 5.75 Å². The zero-order valence-corrected chi connectivity index (χ0v) is 10.9. The lowest BCUT2D eigenvalue weighted by atomic mass is 10.1. The van der Waals surface area contributed by atoms with Crippen LogP contribution >= 0.6 is 0 Å². The molecule has 2 N–H and O–H groups in total. The van der Waals surface area contributed by atoms with Gasteiger partial charge in [-0.05, 0) is 30.3 Å². The summed E-state index contributed by atoms with van der Waals surface area (Å²) in [6.07, 6.45) is 1.83. The lowest BCUT2D eigenvalue weighted by molar-refractivity contribution is 0.475. The number of para-hydroxylation sites is 1. The molecule has 0 saturated heterocycles. The molecule has 5 heteroatoms. The monoisotopic (exact) mass is 277 g/mol. The summed E-state index contributed by atoms with van der Waals surface area (Å²) in [6.45, 7) is 0. The number of benzene rings is 2. The molecule has 4 aromatic rings. The molecule has 0 saturated carbocycles. The van der Waals surface area contributed by atoms with Gasteiger partial charge in [-0.2, -0.15) is 5.10 Å². The second-order valence-electron chi connectivity index (χ2n) is 4.85. The number of nitrogens with zero attached hydrogens (tertiary/aromatic N) is 2. The number of phenolic OH excluding ortho intramolecular Hbond substituents is 1. The molecular formula is C16H11N3O2. The Morgan fingerprint density at radius 1 is 1.00 bits per heavy atom. The molecule has 0 aliphatic rings. The average Bonchev–Trinajstić information content (AvgIpc) is 2.94. The molecule has 0 radical (unpaired) electrons. The lowest BCUT2D eigenvalue weighted by Gasteiger charge is -1.99. The molecule has 0 unspecified atom stereocenters. The van der Waals surface area contributed by atoms with E-state index < -0.39 is 0 Å². The molecule has 2 aromatic heterocycles. The van der Waals surface area contributed by atoms with Crippen molar-refractivity contribution in [3.63, 3.8) is 0 Å². The van der Waals surface area contributed by atoms with E-state index in [9.17, 15) is 9.90 Å². The van der Waals surface area contributed by atoms with Crippen LogP contribution in [-0.2, 0) is 0 Å². The Morgan fingerprint density at radius 3 is 2.57 bits per heavy atom. The van der Waals surface area contributed by atoms with Crippen molar-refractivity contribution in [3.8, 4) is 11.4 Å². The summed E-state index contributed by atoms with van der Waals surface area (Å²) in [6, 6.07) is 14.3. The van der Waals surface area contributed by atoms with Crippen LogP contribution in [-0.4, -0.2) is 19.9 Å². The molecule has 21 heavy (non-hydrogen) atoms. The minimum absolute atomic E-state index is 0.193. The van der Waals surface area contributed by atoms with E-state index in [1.54, 1.807) is 28.9 Å². The van der Waals surface area contributed by atoms with Gasteiger partial charge < -0.3 is 10.1 Å². The van der Waals surface area contributed by atoms with E-state index in [0.717, 1.165) is 22.0 Å². The number of nitrogens with one attached hydrogen (secondary N) is 1. The van der Waals surface area contributed by atoms with Crippen molar-refractivity contribution in [3.05, 3.63) is 65.1 Å². The van der Waals surface area contributed by atoms with Crippen LogP contribution in [0.1, 0.15) is 0 Å². The second-order valence-corrected chi connectivity index (χ2v) is 4.85. The van der Waals surface area contributed by atoms with Crippen molar-refractivity contribution >= 4 is 21.8 Å². The number of aromatic amines is 1. The molecule has 102 valence electrons. The Labute approximate surface area is 119 Å². The fraction of sp³-hybridized carbons (Fsp3) is 0. The number of rotatable bonds is 1. The number of aromatic hydroxyl groups is 1. The summed E-state index contributed by atoms with van der Waals surface area (Å²) in [4.78, 5) is 15.0. The molecule has 0 amide bonds. The van der Waals surface area contributed by atoms with Gasteiger partial charge in [0.25, 0.3) is 5.56 Å². The van der Waals surface area contributed by atoms with Gasteiger partial charge in [0.15, 0.2) is 5.52 Å². The molecule has 0 aliphatic carbocycles. The SMILES string of the molecule is O=c1[nH]c2ccccc2c2cn(-c3ccc(O)cc3)nc12. The molecule has 0 fully saturated rings. The van der Waals surface area contributed by atoms with Gasteiger partial charge in [-0.15, -0.1) is 0 Å². The summed E-state index contributed by atoms with van der Waals surface area (Å²) >= 11 is 0. The predicted molar refractivity (Wildman–Crippen MR) is 80.9 cm³/mol. The Balaban J connectivity index is 2.05. The van der Waals surface area contributed by atoms with Gasteiger partial charge in [-0.3, -0.25) is 4.79 Å². The van der Waals surface area contributed by atoms with Crippen molar-refractivity contribution in [2.75, 3.05) is 0 Å². The normalized spacial score (nSPS) is 11.2. The quantitative estimate of drug-likeness (QED) is 0.561. The first kappa shape index (κ1) is 11.7. The fourth-order valence-electron chi connectivity index (χ4n) is 2.48. The van der Waals surface area contributed by atoms with E-state index in [2.05, 4.69) is 10.1 Å². The summed E-state index contributed by atoms with van der Waals surface area (Å²) in [5, 5.41) is 15.5. The summed E-state index contributed by atoms with van der Waals surface area (Å²) < 4.78 is 1.64. The number of hydrogen-bond acceptors (Lipinski definition) is 3. The Morgan fingerprint density at radius 2 is 1.76 bits per heavy atom. The van der Waals surface area contributed by atoms with Crippen LogP contribution in [0.15, 0.2) is 59.5 Å². The van der Waals surface area contributed by atoms with Gasteiger partial charge in [-0.25, -0.2) is 4.68 Å². The predicted octanol–water partition coefficient (Wildman–Crippen LogP) is 2.57. The van der Waals surface area contributed by atoms with Crippen LogP contribution in [0.3, 0.4) is 0 Å². The van der Waals surface area contributed by atoms with Gasteiger partial charge >= 0.3 is 0 Å². The minimum Gasteiger partial charge on any atom is -0.508 e. The van der Waals surface area contributed by atoms with Crippen molar-refractivity contribution in [2.45, 2.75) is 0 Å². The maximum Gasteiger partial charge on any atom is 0.276 e. The van der Waals surface area contributed by atoms with Crippen LogP contribution in [0.2, 0.25) is 0 Å². The number of H-pyrrole nitrogens is 1. The summed E-state index contributed by atoms with van der Waals surface area (Å²) in [7, 11) is 0. The average molecular weight is 277 g/mol. The number of hydrogen-bond donors (Lipinski definition) is 2. The first-order chi connectivity index (χ1) is 10.2. The maximum absolute atomic E-state index is 12.1.